The minimum absolute atomic E-state index is 0.289. The summed E-state index contributed by atoms with van der Waals surface area (Å²) in [7, 11) is 0. The van der Waals surface area contributed by atoms with E-state index in [1.54, 1.807) is 17.8 Å². The third-order valence-corrected chi connectivity index (χ3v) is 2.73. The molecule has 1 unspecified atom stereocenters. The highest BCUT2D eigenvalue weighted by molar-refractivity contribution is 8.03. The maximum absolute atomic E-state index is 5.51. The number of allylic oxidation sites excluding steroid dienone is 2. The van der Waals surface area contributed by atoms with E-state index < -0.39 is 0 Å². The summed E-state index contributed by atoms with van der Waals surface area (Å²) >= 11 is 1.77. The van der Waals surface area contributed by atoms with Crippen LogP contribution in [0.4, 0.5) is 0 Å². The monoisotopic (exact) mass is 168 g/mol. The van der Waals surface area contributed by atoms with E-state index in [-0.39, 0.29) is 6.10 Å². The maximum atomic E-state index is 5.51. The van der Waals surface area contributed by atoms with Crippen molar-refractivity contribution < 1.29 is 4.74 Å². The van der Waals surface area contributed by atoms with E-state index >= 15 is 0 Å². The molecule has 2 heteroatoms. The zero-order valence-electron chi connectivity index (χ0n) is 6.67. The van der Waals surface area contributed by atoms with Crippen molar-refractivity contribution in [3.8, 4) is 0 Å². The second-order valence-electron chi connectivity index (χ2n) is 2.38. The lowest BCUT2D eigenvalue weighted by molar-refractivity contribution is 0.158. The fourth-order valence-corrected chi connectivity index (χ4v) is 1.77. The molecule has 0 radical (unpaired) electrons. The molecule has 0 spiro atoms. The number of rotatable bonds is 2. The summed E-state index contributed by atoms with van der Waals surface area (Å²) in [5.74, 6) is 1.86. The first-order valence-corrected chi connectivity index (χ1v) is 4.55. The van der Waals surface area contributed by atoms with Crippen molar-refractivity contribution in [1.29, 1.82) is 0 Å². The lowest BCUT2D eigenvalue weighted by Gasteiger charge is -2.22. The SMILES string of the molecule is C=CC1=C(C=C)SCC(C)O1. The third-order valence-electron chi connectivity index (χ3n) is 1.42. The van der Waals surface area contributed by atoms with Crippen molar-refractivity contribution >= 4 is 11.8 Å². The van der Waals surface area contributed by atoms with Crippen molar-refractivity contribution in [2.75, 3.05) is 5.75 Å². The van der Waals surface area contributed by atoms with Crippen LogP contribution in [0.3, 0.4) is 0 Å². The van der Waals surface area contributed by atoms with Crippen molar-refractivity contribution in [2.24, 2.45) is 0 Å². The predicted molar refractivity (Wildman–Crippen MR) is 50.4 cm³/mol. The first kappa shape index (κ1) is 8.47. The highest BCUT2D eigenvalue weighted by atomic mass is 32.2. The van der Waals surface area contributed by atoms with Crippen molar-refractivity contribution in [3.05, 3.63) is 36.0 Å². The quantitative estimate of drug-likeness (QED) is 0.627. The van der Waals surface area contributed by atoms with Crippen LogP contribution in [-0.4, -0.2) is 11.9 Å². The summed E-state index contributed by atoms with van der Waals surface area (Å²) in [5, 5.41) is 0. The molecule has 1 atom stereocenters. The van der Waals surface area contributed by atoms with Gasteiger partial charge in [0.2, 0.25) is 0 Å². The lowest BCUT2D eigenvalue weighted by atomic mass is 10.4. The van der Waals surface area contributed by atoms with Crippen LogP contribution >= 0.6 is 11.8 Å². The Balaban J connectivity index is 2.82. The van der Waals surface area contributed by atoms with Gasteiger partial charge in [-0.1, -0.05) is 19.2 Å². The second kappa shape index (κ2) is 3.67. The van der Waals surface area contributed by atoms with Gasteiger partial charge in [0.1, 0.15) is 11.9 Å². The summed E-state index contributed by atoms with van der Waals surface area (Å²) in [5.41, 5.74) is 0. The molecule has 0 aromatic rings. The van der Waals surface area contributed by atoms with Gasteiger partial charge in [-0.3, -0.25) is 0 Å². The summed E-state index contributed by atoms with van der Waals surface area (Å²) < 4.78 is 5.51. The average molecular weight is 168 g/mol. The lowest BCUT2D eigenvalue weighted by Crippen LogP contribution is -2.15. The van der Waals surface area contributed by atoms with Crippen LogP contribution < -0.4 is 0 Å². The van der Waals surface area contributed by atoms with E-state index in [9.17, 15) is 0 Å². The molecule has 60 valence electrons. The molecule has 0 aromatic heterocycles. The molecule has 0 amide bonds. The van der Waals surface area contributed by atoms with Gasteiger partial charge in [0.15, 0.2) is 0 Å². The number of hydrogen-bond donors (Lipinski definition) is 0. The Hall–Kier alpha value is -0.630. The third kappa shape index (κ3) is 1.90. The summed E-state index contributed by atoms with van der Waals surface area (Å²) in [6.45, 7) is 9.43. The Morgan fingerprint density at radius 3 is 2.82 bits per heavy atom. The minimum Gasteiger partial charge on any atom is -0.489 e. The van der Waals surface area contributed by atoms with Crippen LogP contribution in [0.15, 0.2) is 36.0 Å². The second-order valence-corrected chi connectivity index (χ2v) is 3.44. The van der Waals surface area contributed by atoms with Gasteiger partial charge < -0.3 is 4.74 Å². The van der Waals surface area contributed by atoms with E-state index in [0.717, 1.165) is 16.4 Å². The van der Waals surface area contributed by atoms with Gasteiger partial charge in [-0.2, -0.15) is 0 Å². The summed E-state index contributed by atoms with van der Waals surface area (Å²) in [6.07, 6.45) is 3.84. The van der Waals surface area contributed by atoms with Gasteiger partial charge >= 0.3 is 0 Å². The average Bonchev–Trinajstić information content (AvgIpc) is 2.04. The van der Waals surface area contributed by atoms with Crippen LogP contribution in [0.1, 0.15) is 6.92 Å². The first-order valence-electron chi connectivity index (χ1n) is 3.56. The van der Waals surface area contributed by atoms with Crippen molar-refractivity contribution in [1.82, 2.24) is 0 Å². The molecular formula is C9H12OS. The van der Waals surface area contributed by atoms with E-state index in [4.69, 9.17) is 4.74 Å². The van der Waals surface area contributed by atoms with Crippen LogP contribution in [0, 0.1) is 0 Å². The smallest absolute Gasteiger partial charge is 0.132 e. The van der Waals surface area contributed by atoms with Gasteiger partial charge in [-0.25, -0.2) is 0 Å². The van der Waals surface area contributed by atoms with E-state index in [0.29, 0.717) is 0 Å². The van der Waals surface area contributed by atoms with Gasteiger partial charge in [-0.05, 0) is 13.0 Å². The molecule has 1 rings (SSSR count). The molecule has 0 bridgehead atoms. The molecule has 1 aliphatic rings. The van der Waals surface area contributed by atoms with E-state index in [2.05, 4.69) is 20.1 Å². The zero-order valence-corrected chi connectivity index (χ0v) is 7.49. The van der Waals surface area contributed by atoms with Crippen LogP contribution in [0.2, 0.25) is 0 Å². The Morgan fingerprint density at radius 1 is 1.55 bits per heavy atom. The Morgan fingerprint density at radius 2 is 2.27 bits per heavy atom. The Kier molecular flexibility index (Phi) is 2.83. The molecule has 0 saturated heterocycles. The standard InChI is InChI=1S/C9H12OS/c1-4-8-9(5-2)11-6-7(3)10-8/h4-5,7H,1-2,6H2,3H3. The fourth-order valence-electron chi connectivity index (χ4n) is 0.895. The molecule has 11 heavy (non-hydrogen) atoms. The summed E-state index contributed by atoms with van der Waals surface area (Å²) in [4.78, 5) is 1.10. The topological polar surface area (TPSA) is 9.23 Å². The van der Waals surface area contributed by atoms with Gasteiger partial charge in [-0.15, -0.1) is 11.8 Å². The summed E-state index contributed by atoms with van der Waals surface area (Å²) in [6, 6.07) is 0. The molecule has 0 aliphatic carbocycles. The fraction of sp³-hybridized carbons (Fsp3) is 0.333. The first-order chi connectivity index (χ1) is 5.27. The van der Waals surface area contributed by atoms with Crippen LogP contribution in [0.25, 0.3) is 0 Å². The molecule has 0 fully saturated rings. The van der Waals surface area contributed by atoms with Crippen LogP contribution in [0.5, 0.6) is 0 Å². The van der Waals surface area contributed by atoms with Gasteiger partial charge in [0, 0.05) is 10.7 Å². The largest absolute Gasteiger partial charge is 0.489 e. The maximum Gasteiger partial charge on any atom is 0.132 e. The van der Waals surface area contributed by atoms with Crippen molar-refractivity contribution in [2.45, 2.75) is 13.0 Å². The number of thioether (sulfide) groups is 1. The minimum atomic E-state index is 0.289. The van der Waals surface area contributed by atoms with E-state index in [1.165, 1.54) is 0 Å². The van der Waals surface area contributed by atoms with Gasteiger partial charge in [0.25, 0.3) is 0 Å². The van der Waals surface area contributed by atoms with E-state index in [1.807, 2.05) is 6.08 Å². The molecule has 0 aromatic carbocycles. The van der Waals surface area contributed by atoms with Gasteiger partial charge in [0.05, 0.1) is 0 Å². The normalized spacial score (nSPS) is 24.3. The molecule has 1 heterocycles. The number of hydrogen-bond acceptors (Lipinski definition) is 2. The molecule has 1 aliphatic heterocycles. The zero-order chi connectivity index (χ0) is 8.27. The molecular weight excluding hydrogens is 156 g/mol. The van der Waals surface area contributed by atoms with Crippen LogP contribution in [-0.2, 0) is 4.74 Å². The van der Waals surface area contributed by atoms with Crippen molar-refractivity contribution in [3.63, 3.8) is 0 Å². The highest BCUT2D eigenvalue weighted by Gasteiger charge is 2.14. The highest BCUT2D eigenvalue weighted by Crippen LogP contribution is 2.29. The predicted octanol–water partition coefficient (Wildman–Crippen LogP) is 2.72. The Bertz CT molecular complexity index is 206. The molecule has 1 nitrogen and oxygen atoms in total. The number of ether oxygens (including phenoxy) is 1. The molecule has 0 N–H and O–H groups in total. The Labute approximate surface area is 71.8 Å². The molecule has 0 saturated carbocycles.